The molecule has 0 bridgehead atoms. The van der Waals surface area contributed by atoms with Crippen molar-refractivity contribution in [1.29, 1.82) is 0 Å². The molecule has 0 aliphatic rings. The highest BCUT2D eigenvalue weighted by Gasteiger charge is 2.30. The Hall–Kier alpha value is -2.87. The molecular weight excluding hydrogens is 414 g/mol. The third-order valence-corrected chi connectivity index (χ3v) is 6.18. The van der Waals surface area contributed by atoms with E-state index in [1.165, 1.54) is 4.90 Å². The first-order valence-corrected chi connectivity index (χ1v) is 12.1. The molecule has 31 heavy (non-hydrogen) atoms. The average Bonchev–Trinajstić information content (AvgIpc) is 2.71. The van der Waals surface area contributed by atoms with Gasteiger partial charge in [-0.2, -0.15) is 0 Å². The van der Waals surface area contributed by atoms with E-state index in [-0.39, 0.29) is 19.0 Å². The quantitative estimate of drug-likeness (QED) is 0.643. The van der Waals surface area contributed by atoms with Crippen LogP contribution >= 0.6 is 0 Å². The molecule has 8 heteroatoms. The monoisotopic (exact) mass is 445 g/mol. The van der Waals surface area contributed by atoms with Crippen molar-refractivity contribution in [2.45, 2.75) is 40.3 Å². The molecule has 2 aromatic carbocycles. The summed E-state index contributed by atoms with van der Waals surface area (Å²) in [6, 6.07) is 13.9. The van der Waals surface area contributed by atoms with Crippen molar-refractivity contribution in [1.82, 2.24) is 10.2 Å². The Morgan fingerprint density at radius 1 is 1.03 bits per heavy atom. The van der Waals surface area contributed by atoms with E-state index in [0.717, 1.165) is 27.3 Å². The van der Waals surface area contributed by atoms with Gasteiger partial charge in [0.25, 0.3) is 0 Å². The Balaban J connectivity index is 2.38. The standard InChI is InChI=1S/C23H31N3O4S/c1-6-24-23(28)19(4)25(15-20-13-11-17(2)12-14-20)22(27)16-26(31(5,29)30)21-10-8-7-9-18(21)3/h7-14,19H,6,15-16H2,1-5H3,(H,24,28)/t19-/m1/s1. The van der Waals surface area contributed by atoms with Crippen LogP contribution in [0.5, 0.6) is 0 Å². The first-order valence-electron chi connectivity index (χ1n) is 10.2. The van der Waals surface area contributed by atoms with Gasteiger partial charge in [-0.3, -0.25) is 13.9 Å². The number of aryl methyl sites for hydroxylation is 2. The van der Waals surface area contributed by atoms with Crippen molar-refractivity contribution in [3.8, 4) is 0 Å². The molecule has 1 atom stereocenters. The highest BCUT2D eigenvalue weighted by molar-refractivity contribution is 7.92. The van der Waals surface area contributed by atoms with E-state index in [4.69, 9.17) is 0 Å². The first kappa shape index (κ1) is 24.4. The number of benzene rings is 2. The highest BCUT2D eigenvalue weighted by Crippen LogP contribution is 2.22. The fourth-order valence-corrected chi connectivity index (χ4v) is 4.14. The molecule has 7 nitrogen and oxygen atoms in total. The first-order chi connectivity index (χ1) is 14.5. The second-order valence-corrected chi connectivity index (χ2v) is 9.54. The van der Waals surface area contributed by atoms with E-state index < -0.39 is 22.0 Å². The number of carbonyl (C=O) groups is 2. The third-order valence-electron chi connectivity index (χ3n) is 5.06. The van der Waals surface area contributed by atoms with Crippen LogP contribution in [0.2, 0.25) is 0 Å². The number of nitrogens with one attached hydrogen (secondary N) is 1. The summed E-state index contributed by atoms with van der Waals surface area (Å²) in [5.74, 6) is -0.738. The van der Waals surface area contributed by atoms with E-state index >= 15 is 0 Å². The SMILES string of the molecule is CCNC(=O)[C@@H](C)N(Cc1ccc(C)cc1)C(=O)CN(c1ccccc1C)S(C)(=O)=O. The zero-order valence-corrected chi connectivity index (χ0v) is 19.6. The largest absolute Gasteiger partial charge is 0.355 e. The second-order valence-electron chi connectivity index (χ2n) is 7.63. The van der Waals surface area contributed by atoms with Gasteiger partial charge in [0, 0.05) is 13.1 Å². The van der Waals surface area contributed by atoms with Gasteiger partial charge in [-0.25, -0.2) is 8.42 Å². The molecule has 0 saturated heterocycles. The smallest absolute Gasteiger partial charge is 0.244 e. The third kappa shape index (κ3) is 6.55. The number of nitrogens with zero attached hydrogens (tertiary/aromatic N) is 2. The van der Waals surface area contributed by atoms with Crippen molar-refractivity contribution in [2.75, 3.05) is 23.7 Å². The fraction of sp³-hybridized carbons (Fsp3) is 0.391. The van der Waals surface area contributed by atoms with Crippen molar-refractivity contribution in [3.63, 3.8) is 0 Å². The summed E-state index contributed by atoms with van der Waals surface area (Å²) in [5, 5.41) is 2.74. The summed E-state index contributed by atoms with van der Waals surface area (Å²) in [6.07, 6.45) is 1.07. The number of sulfonamides is 1. The lowest BCUT2D eigenvalue weighted by Gasteiger charge is -2.31. The van der Waals surface area contributed by atoms with Crippen LogP contribution < -0.4 is 9.62 Å². The Morgan fingerprint density at radius 2 is 1.65 bits per heavy atom. The maximum Gasteiger partial charge on any atom is 0.244 e. The summed E-state index contributed by atoms with van der Waals surface area (Å²) in [6.45, 7) is 7.46. The van der Waals surface area contributed by atoms with Gasteiger partial charge in [-0.05, 0) is 44.9 Å². The maximum absolute atomic E-state index is 13.3. The predicted octanol–water partition coefficient (Wildman–Crippen LogP) is 2.62. The number of hydrogen-bond donors (Lipinski definition) is 1. The predicted molar refractivity (Wildman–Crippen MR) is 123 cm³/mol. The van der Waals surface area contributed by atoms with Crippen LogP contribution in [0.4, 0.5) is 5.69 Å². The molecule has 0 aliphatic carbocycles. The Kier molecular flexibility index (Phi) is 8.21. The molecular formula is C23H31N3O4S. The number of hydrogen-bond acceptors (Lipinski definition) is 4. The van der Waals surface area contributed by atoms with Gasteiger partial charge in [0.2, 0.25) is 21.8 Å². The summed E-state index contributed by atoms with van der Waals surface area (Å²) in [5.41, 5.74) is 3.12. The Bertz CT molecular complexity index is 1020. The van der Waals surface area contributed by atoms with Crippen LogP contribution in [0.25, 0.3) is 0 Å². The number of anilines is 1. The van der Waals surface area contributed by atoms with E-state index in [1.54, 1.807) is 39.0 Å². The van der Waals surface area contributed by atoms with E-state index in [9.17, 15) is 18.0 Å². The van der Waals surface area contributed by atoms with Gasteiger partial charge in [0.05, 0.1) is 11.9 Å². The number of amides is 2. The minimum atomic E-state index is -3.72. The molecule has 2 amide bonds. The van der Waals surface area contributed by atoms with Crippen molar-refractivity contribution < 1.29 is 18.0 Å². The minimum absolute atomic E-state index is 0.197. The lowest BCUT2D eigenvalue weighted by Crippen LogP contribution is -2.51. The topological polar surface area (TPSA) is 86.8 Å². The maximum atomic E-state index is 13.3. The molecule has 0 fully saturated rings. The van der Waals surface area contributed by atoms with Crippen LogP contribution in [-0.2, 0) is 26.2 Å². The zero-order chi connectivity index (χ0) is 23.2. The number of carbonyl (C=O) groups excluding carboxylic acids is 2. The highest BCUT2D eigenvalue weighted by atomic mass is 32.2. The summed E-state index contributed by atoms with van der Waals surface area (Å²) >= 11 is 0. The van der Waals surface area contributed by atoms with Crippen LogP contribution in [0, 0.1) is 13.8 Å². The van der Waals surface area contributed by atoms with Gasteiger partial charge in [0.1, 0.15) is 12.6 Å². The number of likely N-dealkylation sites (N-methyl/N-ethyl adjacent to an activating group) is 1. The van der Waals surface area contributed by atoms with Crippen LogP contribution in [0.1, 0.15) is 30.5 Å². The van der Waals surface area contributed by atoms with E-state index in [2.05, 4.69) is 5.32 Å². The lowest BCUT2D eigenvalue weighted by atomic mass is 10.1. The molecule has 0 saturated carbocycles. The van der Waals surface area contributed by atoms with Gasteiger partial charge in [-0.1, -0.05) is 48.0 Å². The molecule has 0 radical (unpaired) electrons. The van der Waals surface area contributed by atoms with E-state index in [1.807, 2.05) is 37.3 Å². The number of para-hydroxylation sites is 1. The van der Waals surface area contributed by atoms with Crippen molar-refractivity contribution in [3.05, 3.63) is 65.2 Å². The van der Waals surface area contributed by atoms with Crippen molar-refractivity contribution >= 4 is 27.5 Å². The summed E-state index contributed by atoms with van der Waals surface area (Å²) in [4.78, 5) is 27.3. The molecule has 168 valence electrons. The molecule has 2 aromatic rings. The minimum Gasteiger partial charge on any atom is -0.355 e. The normalized spacial score (nSPS) is 12.2. The molecule has 0 aliphatic heterocycles. The Labute approximate surface area is 185 Å². The average molecular weight is 446 g/mol. The van der Waals surface area contributed by atoms with Gasteiger partial charge in [-0.15, -0.1) is 0 Å². The lowest BCUT2D eigenvalue weighted by molar-refractivity contribution is -0.139. The second kappa shape index (κ2) is 10.4. The zero-order valence-electron chi connectivity index (χ0n) is 18.8. The molecule has 0 unspecified atom stereocenters. The van der Waals surface area contributed by atoms with Gasteiger partial charge < -0.3 is 10.2 Å². The molecule has 0 spiro atoms. The summed E-state index contributed by atoms with van der Waals surface area (Å²) < 4.78 is 26.1. The van der Waals surface area contributed by atoms with E-state index in [0.29, 0.717) is 12.2 Å². The number of rotatable bonds is 9. The van der Waals surface area contributed by atoms with Crippen LogP contribution in [0.15, 0.2) is 48.5 Å². The van der Waals surface area contributed by atoms with Crippen LogP contribution in [-0.4, -0.2) is 50.5 Å². The summed E-state index contributed by atoms with van der Waals surface area (Å²) in [7, 11) is -3.72. The van der Waals surface area contributed by atoms with Gasteiger partial charge >= 0.3 is 0 Å². The molecule has 1 N–H and O–H groups in total. The van der Waals surface area contributed by atoms with Gasteiger partial charge in [0.15, 0.2) is 0 Å². The Morgan fingerprint density at radius 3 is 2.19 bits per heavy atom. The molecule has 0 aromatic heterocycles. The van der Waals surface area contributed by atoms with Crippen molar-refractivity contribution in [2.24, 2.45) is 0 Å². The molecule has 2 rings (SSSR count). The fourth-order valence-electron chi connectivity index (χ4n) is 3.23. The molecule has 0 heterocycles. The van der Waals surface area contributed by atoms with Crippen LogP contribution in [0.3, 0.4) is 0 Å².